The number of rotatable bonds is 10. The molecule has 2 fully saturated rings. The van der Waals surface area contributed by atoms with Crippen LogP contribution in [-0.2, 0) is 14.6 Å². The van der Waals surface area contributed by atoms with Gasteiger partial charge in [0.25, 0.3) is 5.91 Å². The molecule has 0 spiro atoms. The minimum absolute atomic E-state index is 0.0520. The van der Waals surface area contributed by atoms with Crippen LogP contribution in [-0.4, -0.2) is 44.5 Å². The van der Waals surface area contributed by atoms with Crippen LogP contribution in [0, 0.1) is 35.2 Å². The third-order valence-electron chi connectivity index (χ3n) is 7.26. The summed E-state index contributed by atoms with van der Waals surface area (Å²) in [4.78, 5) is 12.3. The Balaban J connectivity index is 1.32. The number of hydrogen-bond donors (Lipinski definition) is 2. The molecule has 0 heterocycles. The molecule has 4 rings (SSSR count). The van der Waals surface area contributed by atoms with Crippen molar-refractivity contribution in [1.29, 1.82) is 0 Å². The molecule has 2 saturated carbocycles. The number of ether oxygens (including phenoxy) is 1. The highest BCUT2D eigenvalue weighted by Crippen LogP contribution is 2.46. The van der Waals surface area contributed by atoms with Crippen molar-refractivity contribution in [3.63, 3.8) is 0 Å². The molecule has 0 radical (unpaired) electrons. The first-order chi connectivity index (χ1) is 17.6. The molecule has 11 heteroatoms. The van der Waals surface area contributed by atoms with Crippen LogP contribution in [0.4, 0.5) is 18.9 Å². The maximum absolute atomic E-state index is 13.4. The van der Waals surface area contributed by atoms with Crippen molar-refractivity contribution >= 4 is 33.0 Å². The predicted molar refractivity (Wildman–Crippen MR) is 133 cm³/mol. The number of amides is 1. The Kier molecular flexibility index (Phi) is 8.83. The number of carbonyl (C=O) groups is 1. The van der Waals surface area contributed by atoms with E-state index in [9.17, 15) is 31.5 Å². The van der Waals surface area contributed by atoms with Gasteiger partial charge >= 0.3 is 0 Å². The van der Waals surface area contributed by atoms with Crippen molar-refractivity contribution in [2.75, 3.05) is 24.3 Å². The third kappa shape index (κ3) is 6.47. The average molecular weight is 560 g/mol. The van der Waals surface area contributed by atoms with E-state index in [1.165, 1.54) is 12.1 Å². The number of carbonyl (C=O) groups excluding carboxylic acids is 1. The van der Waals surface area contributed by atoms with E-state index in [4.69, 9.17) is 16.3 Å². The lowest BCUT2D eigenvalue weighted by molar-refractivity contribution is -0.0385. The van der Waals surface area contributed by atoms with Gasteiger partial charge in [-0.2, -0.15) is 0 Å². The van der Waals surface area contributed by atoms with Gasteiger partial charge in [-0.15, -0.1) is 0 Å². The van der Waals surface area contributed by atoms with Crippen LogP contribution < -0.4 is 5.32 Å². The Hall–Kier alpha value is -2.14. The maximum atomic E-state index is 13.4. The molecule has 2 N–H and O–H groups in total. The first kappa shape index (κ1) is 27.9. The molecule has 0 aromatic heterocycles. The van der Waals surface area contributed by atoms with Crippen molar-refractivity contribution in [2.45, 2.75) is 49.5 Å². The molecule has 2 aliphatic carbocycles. The lowest BCUT2D eigenvalue weighted by atomic mass is 9.79. The first-order valence-corrected chi connectivity index (χ1v) is 14.3. The van der Waals surface area contributed by atoms with Gasteiger partial charge in [-0.3, -0.25) is 4.79 Å². The van der Waals surface area contributed by atoms with Crippen LogP contribution in [0.3, 0.4) is 0 Å². The zero-order chi connectivity index (χ0) is 26.7. The lowest BCUT2D eigenvalue weighted by Gasteiger charge is -2.34. The minimum Gasteiger partial charge on any atom is -0.396 e. The number of nitrogens with one attached hydrogen (secondary N) is 1. The molecule has 0 aliphatic heterocycles. The smallest absolute Gasteiger partial charge is 0.255 e. The molecule has 4 atom stereocenters. The number of aliphatic hydroxyl groups excluding tert-OH is 1. The van der Waals surface area contributed by atoms with E-state index in [1.807, 2.05) is 0 Å². The summed E-state index contributed by atoms with van der Waals surface area (Å²) in [6, 6.07) is 4.89. The Morgan fingerprint density at radius 2 is 1.70 bits per heavy atom. The van der Waals surface area contributed by atoms with E-state index in [-0.39, 0.29) is 39.6 Å². The highest BCUT2D eigenvalue weighted by molar-refractivity contribution is 7.91. The number of unbranched alkanes of at least 4 members (excludes halogenated alkanes) is 1. The van der Waals surface area contributed by atoms with Crippen molar-refractivity contribution in [3.8, 4) is 0 Å². The van der Waals surface area contributed by atoms with Gasteiger partial charge in [0.05, 0.1) is 21.8 Å². The van der Waals surface area contributed by atoms with Crippen LogP contribution >= 0.6 is 11.6 Å². The minimum atomic E-state index is -3.83. The van der Waals surface area contributed by atoms with Crippen LogP contribution in [0.5, 0.6) is 0 Å². The van der Waals surface area contributed by atoms with Crippen LogP contribution in [0.25, 0.3) is 0 Å². The topological polar surface area (TPSA) is 92.7 Å². The highest BCUT2D eigenvalue weighted by Gasteiger charge is 2.43. The molecular weight excluding hydrogens is 531 g/mol. The Morgan fingerprint density at radius 3 is 2.32 bits per heavy atom. The summed E-state index contributed by atoms with van der Waals surface area (Å²) < 4.78 is 72.0. The van der Waals surface area contributed by atoms with E-state index in [2.05, 4.69) is 5.32 Å². The standard InChI is InChI=1S/C26H29ClF3NO5S/c27-20-6-5-18(26(33)31-19-12-21(28)24(30)22(29)13-19)11-23(20)37(34,35)8-2-1-7-36-25-16-3-4-17(25)10-15(9-16)14-32/h5-6,11-13,15-17,25,32H,1-4,7-10,14H2,(H,31,33)/t15-,16-,17?,25?/m0/s1. The van der Waals surface area contributed by atoms with E-state index in [0.29, 0.717) is 49.3 Å². The van der Waals surface area contributed by atoms with E-state index in [0.717, 1.165) is 31.7 Å². The van der Waals surface area contributed by atoms with Gasteiger partial charge in [-0.25, -0.2) is 21.6 Å². The van der Waals surface area contributed by atoms with Crippen LogP contribution in [0.15, 0.2) is 35.2 Å². The second-order valence-electron chi connectivity index (χ2n) is 9.83. The zero-order valence-corrected chi connectivity index (χ0v) is 21.6. The summed E-state index contributed by atoms with van der Waals surface area (Å²) in [5.41, 5.74) is -0.413. The van der Waals surface area contributed by atoms with Crippen molar-refractivity contribution < 1.29 is 36.2 Å². The van der Waals surface area contributed by atoms with Gasteiger partial charge in [-0.1, -0.05) is 11.6 Å². The quantitative estimate of drug-likeness (QED) is 0.301. The fraction of sp³-hybridized carbons (Fsp3) is 0.500. The normalized spacial score (nSPS) is 23.3. The summed E-state index contributed by atoms with van der Waals surface area (Å²) in [7, 11) is -3.83. The monoisotopic (exact) mass is 559 g/mol. The van der Waals surface area contributed by atoms with E-state index in [1.54, 1.807) is 0 Å². The summed E-state index contributed by atoms with van der Waals surface area (Å²) in [6.07, 6.45) is 5.20. The second-order valence-corrected chi connectivity index (χ2v) is 12.3. The van der Waals surface area contributed by atoms with Crippen molar-refractivity contribution in [3.05, 3.63) is 58.4 Å². The van der Waals surface area contributed by atoms with E-state index < -0.39 is 33.2 Å². The number of anilines is 1. The number of benzene rings is 2. The predicted octanol–water partition coefficient (Wildman–Crippen LogP) is 5.38. The summed E-state index contributed by atoms with van der Waals surface area (Å²) >= 11 is 6.11. The van der Waals surface area contributed by atoms with Gasteiger partial charge in [0.2, 0.25) is 0 Å². The molecule has 0 saturated heterocycles. The number of halogens is 4. The second kappa shape index (κ2) is 11.7. The first-order valence-electron chi connectivity index (χ1n) is 12.3. The molecule has 202 valence electrons. The van der Waals surface area contributed by atoms with Crippen molar-refractivity contribution in [2.24, 2.45) is 17.8 Å². The average Bonchev–Trinajstić information content (AvgIpc) is 3.08. The molecule has 2 bridgehead atoms. The van der Waals surface area contributed by atoms with Crippen molar-refractivity contribution in [1.82, 2.24) is 0 Å². The van der Waals surface area contributed by atoms with Gasteiger partial charge in [0.15, 0.2) is 27.3 Å². The Labute approximate surface area is 219 Å². The van der Waals surface area contributed by atoms with Gasteiger partial charge in [-0.05, 0) is 74.5 Å². The number of sulfone groups is 1. The summed E-state index contributed by atoms with van der Waals surface area (Å²) in [5, 5.41) is 11.6. The molecule has 1 amide bonds. The summed E-state index contributed by atoms with van der Waals surface area (Å²) in [5.74, 6) is -4.37. The third-order valence-corrected chi connectivity index (χ3v) is 9.53. The Morgan fingerprint density at radius 1 is 1.05 bits per heavy atom. The molecular formula is C26H29ClF3NO5S. The van der Waals surface area contributed by atoms with Gasteiger partial charge in [0.1, 0.15) is 0 Å². The molecule has 6 nitrogen and oxygen atoms in total. The van der Waals surface area contributed by atoms with E-state index >= 15 is 0 Å². The van der Waals surface area contributed by atoms with Crippen LogP contribution in [0.1, 0.15) is 48.9 Å². The largest absolute Gasteiger partial charge is 0.396 e. The fourth-order valence-electron chi connectivity index (χ4n) is 5.46. The summed E-state index contributed by atoms with van der Waals surface area (Å²) in [6.45, 7) is 0.657. The highest BCUT2D eigenvalue weighted by atomic mass is 35.5. The number of aliphatic hydroxyl groups is 1. The molecule has 2 unspecified atom stereocenters. The zero-order valence-electron chi connectivity index (χ0n) is 20.1. The van der Waals surface area contributed by atoms with Gasteiger partial charge in [0, 0.05) is 36.6 Å². The molecule has 2 aromatic carbocycles. The van der Waals surface area contributed by atoms with Crippen LogP contribution in [0.2, 0.25) is 5.02 Å². The number of hydrogen-bond acceptors (Lipinski definition) is 5. The molecule has 2 aliphatic rings. The maximum Gasteiger partial charge on any atom is 0.255 e. The molecule has 2 aromatic rings. The fourth-order valence-corrected chi connectivity index (χ4v) is 7.40. The van der Waals surface area contributed by atoms with Gasteiger partial charge < -0.3 is 15.2 Å². The SMILES string of the molecule is O=C(Nc1cc(F)c(F)c(F)c1)c1ccc(Cl)c(S(=O)(=O)CCCCOC2C3CC[C@H]2C[C@H](CO)C3)c1. The molecule has 37 heavy (non-hydrogen) atoms. The Bertz CT molecular complexity index is 1220. The lowest BCUT2D eigenvalue weighted by Crippen LogP contribution is -2.34. The number of fused-ring (bicyclic) bond motifs is 2.